The molecule has 0 spiro atoms. The fourth-order valence-electron chi connectivity index (χ4n) is 3.53. The summed E-state index contributed by atoms with van der Waals surface area (Å²) in [7, 11) is 3.13. The lowest BCUT2D eigenvalue weighted by Gasteiger charge is -2.26. The van der Waals surface area contributed by atoms with Crippen molar-refractivity contribution in [3.8, 4) is 11.5 Å². The summed E-state index contributed by atoms with van der Waals surface area (Å²) in [5, 5.41) is 10.9. The van der Waals surface area contributed by atoms with Gasteiger partial charge in [-0.1, -0.05) is 6.07 Å². The Kier molecular flexibility index (Phi) is 6.51. The van der Waals surface area contributed by atoms with Crippen LogP contribution in [-0.4, -0.2) is 49.1 Å². The number of benzene rings is 2. The number of nitro benzene ring substituents is 1. The van der Waals surface area contributed by atoms with Crippen molar-refractivity contribution in [2.75, 3.05) is 27.4 Å². The molecule has 1 saturated heterocycles. The predicted molar refractivity (Wildman–Crippen MR) is 107 cm³/mol. The summed E-state index contributed by atoms with van der Waals surface area (Å²) in [6, 6.07) is 10.4. The Morgan fingerprint density at radius 1 is 1.17 bits per heavy atom. The van der Waals surface area contributed by atoms with Crippen LogP contribution in [0.4, 0.5) is 5.69 Å². The van der Waals surface area contributed by atoms with E-state index in [1.54, 1.807) is 31.3 Å². The molecule has 1 amide bonds. The third-order valence-corrected chi connectivity index (χ3v) is 4.99. The molecule has 1 heterocycles. The van der Waals surface area contributed by atoms with E-state index in [4.69, 9.17) is 14.2 Å². The molecule has 0 N–H and O–H groups in total. The lowest BCUT2D eigenvalue weighted by Crippen LogP contribution is -2.34. The van der Waals surface area contributed by atoms with Crippen LogP contribution in [0.3, 0.4) is 0 Å². The molecule has 1 aliphatic rings. The van der Waals surface area contributed by atoms with Crippen molar-refractivity contribution in [3.63, 3.8) is 0 Å². The van der Waals surface area contributed by atoms with E-state index < -0.39 is 17.5 Å². The maximum Gasteiger partial charge on any atom is 0.338 e. The van der Waals surface area contributed by atoms with Crippen LogP contribution in [0, 0.1) is 10.1 Å². The first kappa shape index (κ1) is 21.1. The summed E-state index contributed by atoms with van der Waals surface area (Å²) in [5.74, 6) is 0.166. The number of hydrogen-bond donors (Lipinski definition) is 0. The van der Waals surface area contributed by atoms with Crippen LogP contribution in [0.25, 0.3) is 0 Å². The highest BCUT2D eigenvalue weighted by atomic mass is 16.6. The second-order valence-electron chi connectivity index (χ2n) is 6.74. The van der Waals surface area contributed by atoms with Crippen molar-refractivity contribution >= 4 is 17.6 Å². The maximum atomic E-state index is 12.8. The van der Waals surface area contributed by atoms with Crippen LogP contribution in [0.15, 0.2) is 42.5 Å². The zero-order valence-electron chi connectivity index (χ0n) is 16.7. The number of carbonyl (C=O) groups is 2. The summed E-state index contributed by atoms with van der Waals surface area (Å²) >= 11 is 0. The van der Waals surface area contributed by atoms with Gasteiger partial charge in [-0.15, -0.1) is 0 Å². The molecular formula is C21H22N2O7. The largest absolute Gasteiger partial charge is 0.497 e. The summed E-state index contributed by atoms with van der Waals surface area (Å²) in [5.41, 5.74) is 0.623. The van der Waals surface area contributed by atoms with Crippen LogP contribution < -0.4 is 9.47 Å². The molecule has 9 heteroatoms. The summed E-state index contributed by atoms with van der Waals surface area (Å²) in [6.07, 6.45) is 1.55. The van der Waals surface area contributed by atoms with Crippen molar-refractivity contribution in [1.29, 1.82) is 0 Å². The van der Waals surface area contributed by atoms with Gasteiger partial charge in [0.25, 0.3) is 11.6 Å². The number of rotatable bonds is 7. The van der Waals surface area contributed by atoms with Crippen molar-refractivity contribution < 1.29 is 28.7 Å². The fourth-order valence-corrected chi connectivity index (χ4v) is 3.53. The molecule has 0 saturated carbocycles. The van der Waals surface area contributed by atoms with Gasteiger partial charge in [0.05, 0.1) is 30.7 Å². The highest BCUT2D eigenvalue weighted by Gasteiger charge is 2.32. The number of methoxy groups -OCH3 is 2. The van der Waals surface area contributed by atoms with E-state index in [-0.39, 0.29) is 23.2 Å². The molecule has 0 unspecified atom stereocenters. The number of amides is 1. The van der Waals surface area contributed by atoms with Gasteiger partial charge in [0.1, 0.15) is 11.5 Å². The second-order valence-corrected chi connectivity index (χ2v) is 6.74. The molecule has 158 valence electrons. The number of likely N-dealkylation sites (tertiary alicyclic amines) is 1. The molecule has 1 aliphatic heterocycles. The number of hydrogen-bond acceptors (Lipinski definition) is 7. The van der Waals surface area contributed by atoms with E-state index in [0.29, 0.717) is 18.0 Å². The minimum Gasteiger partial charge on any atom is -0.497 e. The lowest BCUT2D eigenvalue weighted by molar-refractivity contribution is -0.384. The van der Waals surface area contributed by atoms with E-state index >= 15 is 0 Å². The SMILES string of the molecule is COc1ccc(OC)c([C@H]2CCCN2C(=O)COC(=O)c2cccc([N+](=O)[O-])c2)c1. The number of nitro groups is 1. The fraction of sp³-hybridized carbons (Fsp3) is 0.333. The summed E-state index contributed by atoms with van der Waals surface area (Å²) in [4.78, 5) is 36.9. The molecular weight excluding hydrogens is 392 g/mol. The van der Waals surface area contributed by atoms with Gasteiger partial charge in [-0.25, -0.2) is 4.79 Å². The Bertz CT molecular complexity index is 960. The molecule has 3 rings (SSSR count). The zero-order valence-corrected chi connectivity index (χ0v) is 16.7. The highest BCUT2D eigenvalue weighted by molar-refractivity contribution is 5.92. The molecule has 2 aromatic carbocycles. The Labute approximate surface area is 173 Å². The molecule has 9 nitrogen and oxygen atoms in total. The van der Waals surface area contributed by atoms with E-state index in [9.17, 15) is 19.7 Å². The Balaban J connectivity index is 1.70. The number of esters is 1. The first-order valence-corrected chi connectivity index (χ1v) is 9.37. The van der Waals surface area contributed by atoms with E-state index in [1.165, 1.54) is 18.2 Å². The number of nitrogens with zero attached hydrogens (tertiary/aromatic N) is 2. The number of non-ortho nitro benzene ring substituents is 1. The van der Waals surface area contributed by atoms with Gasteiger partial charge in [0.2, 0.25) is 0 Å². The van der Waals surface area contributed by atoms with Crippen LogP contribution >= 0.6 is 0 Å². The van der Waals surface area contributed by atoms with Crippen LogP contribution in [-0.2, 0) is 9.53 Å². The molecule has 0 bridgehead atoms. The van der Waals surface area contributed by atoms with Crippen LogP contribution in [0.5, 0.6) is 11.5 Å². The smallest absolute Gasteiger partial charge is 0.338 e. The first-order valence-electron chi connectivity index (χ1n) is 9.37. The van der Waals surface area contributed by atoms with Crippen molar-refractivity contribution in [2.45, 2.75) is 18.9 Å². The van der Waals surface area contributed by atoms with Crippen LogP contribution in [0.2, 0.25) is 0 Å². The number of ether oxygens (including phenoxy) is 3. The predicted octanol–water partition coefficient (Wildman–Crippen LogP) is 3.13. The third-order valence-electron chi connectivity index (χ3n) is 4.99. The minimum absolute atomic E-state index is 0.0180. The normalized spacial score (nSPS) is 15.5. The molecule has 0 aliphatic carbocycles. The Morgan fingerprint density at radius 3 is 2.67 bits per heavy atom. The second kappa shape index (κ2) is 9.25. The van der Waals surface area contributed by atoms with Crippen molar-refractivity contribution in [2.24, 2.45) is 0 Å². The average Bonchev–Trinajstić information content (AvgIpc) is 3.26. The zero-order chi connectivity index (χ0) is 21.7. The standard InChI is InChI=1S/C21H22N2O7/c1-28-16-8-9-19(29-2)17(12-16)18-7-4-10-22(18)20(24)13-30-21(25)14-5-3-6-15(11-14)23(26)27/h3,5-6,8-9,11-12,18H,4,7,10,13H2,1-2H3/t18-/m1/s1. The Morgan fingerprint density at radius 2 is 1.97 bits per heavy atom. The average molecular weight is 414 g/mol. The molecule has 0 aromatic heterocycles. The van der Waals surface area contributed by atoms with Gasteiger partial charge in [0, 0.05) is 24.2 Å². The number of carbonyl (C=O) groups excluding carboxylic acids is 2. The van der Waals surface area contributed by atoms with Gasteiger partial charge in [-0.3, -0.25) is 14.9 Å². The van der Waals surface area contributed by atoms with Gasteiger partial charge in [0.15, 0.2) is 6.61 Å². The summed E-state index contributed by atoms with van der Waals surface area (Å²) in [6.45, 7) is 0.0720. The van der Waals surface area contributed by atoms with Gasteiger partial charge >= 0.3 is 5.97 Å². The highest BCUT2D eigenvalue weighted by Crippen LogP contribution is 2.38. The minimum atomic E-state index is -0.790. The summed E-state index contributed by atoms with van der Waals surface area (Å²) < 4.78 is 15.8. The van der Waals surface area contributed by atoms with Crippen LogP contribution in [0.1, 0.15) is 34.8 Å². The Hall–Kier alpha value is -3.62. The molecule has 30 heavy (non-hydrogen) atoms. The topological polar surface area (TPSA) is 108 Å². The van der Waals surface area contributed by atoms with Gasteiger partial charge in [-0.2, -0.15) is 0 Å². The molecule has 0 radical (unpaired) electrons. The van der Waals surface area contributed by atoms with E-state index in [2.05, 4.69) is 0 Å². The molecule has 2 aromatic rings. The van der Waals surface area contributed by atoms with Crippen molar-refractivity contribution in [1.82, 2.24) is 4.90 Å². The first-order chi connectivity index (χ1) is 14.4. The van der Waals surface area contributed by atoms with E-state index in [0.717, 1.165) is 24.5 Å². The quantitative estimate of drug-likeness (QED) is 0.389. The van der Waals surface area contributed by atoms with Gasteiger partial charge in [-0.05, 0) is 37.1 Å². The third kappa shape index (κ3) is 4.51. The molecule has 1 atom stereocenters. The van der Waals surface area contributed by atoms with E-state index in [1.807, 2.05) is 6.07 Å². The van der Waals surface area contributed by atoms with Gasteiger partial charge < -0.3 is 19.1 Å². The van der Waals surface area contributed by atoms with Crippen molar-refractivity contribution in [3.05, 3.63) is 63.7 Å². The lowest BCUT2D eigenvalue weighted by atomic mass is 10.0. The maximum absolute atomic E-state index is 12.8. The molecule has 1 fully saturated rings. The monoisotopic (exact) mass is 414 g/mol.